The molecule has 0 atom stereocenters. The molecule has 1 heterocycles. The van der Waals surface area contributed by atoms with Gasteiger partial charge in [-0.2, -0.15) is 0 Å². The Morgan fingerprint density at radius 1 is 1.15 bits per heavy atom. The van der Waals surface area contributed by atoms with Crippen LogP contribution in [-0.2, 0) is 27.9 Å². The van der Waals surface area contributed by atoms with Crippen LogP contribution in [0, 0.1) is 0 Å². The number of carbonyl (C=O) groups is 2. The van der Waals surface area contributed by atoms with Crippen LogP contribution in [0.3, 0.4) is 0 Å². The molecular weight excluding hydrogens is 348 g/mol. The van der Waals surface area contributed by atoms with Crippen molar-refractivity contribution in [2.75, 3.05) is 53.6 Å². The number of ether oxygens (including phenoxy) is 2. The van der Waals surface area contributed by atoms with E-state index in [2.05, 4.69) is 12.2 Å². The Kier molecular flexibility index (Phi) is 11.2. The second-order valence-electron chi connectivity index (χ2n) is 6.42. The predicted molar refractivity (Wildman–Crippen MR) is 104 cm³/mol. The number of hydrogen-bond acceptors (Lipinski definition) is 4. The van der Waals surface area contributed by atoms with Crippen molar-refractivity contribution in [3.05, 3.63) is 24.0 Å². The molecule has 27 heavy (non-hydrogen) atoms. The first-order valence-corrected chi connectivity index (χ1v) is 9.42. The number of unbranched alkanes of at least 4 members (excludes halogenated alkanes) is 1. The fourth-order valence-electron chi connectivity index (χ4n) is 2.55. The molecule has 0 unspecified atom stereocenters. The molecule has 8 heteroatoms. The molecule has 8 nitrogen and oxygen atoms in total. The summed E-state index contributed by atoms with van der Waals surface area (Å²) >= 11 is 0. The highest BCUT2D eigenvalue weighted by atomic mass is 16.5. The summed E-state index contributed by atoms with van der Waals surface area (Å²) in [6, 6.07) is 3.69. The van der Waals surface area contributed by atoms with E-state index in [1.165, 1.54) is 4.90 Å². The molecule has 0 saturated carbocycles. The predicted octanol–water partition coefficient (Wildman–Crippen LogP) is 1.46. The van der Waals surface area contributed by atoms with E-state index in [0.29, 0.717) is 39.4 Å². The normalized spacial score (nSPS) is 10.7. The average molecular weight is 383 g/mol. The van der Waals surface area contributed by atoms with Gasteiger partial charge in [-0.25, -0.2) is 4.79 Å². The zero-order valence-corrected chi connectivity index (χ0v) is 17.1. The molecule has 1 N–H and O–H groups in total. The first-order valence-electron chi connectivity index (χ1n) is 9.42. The van der Waals surface area contributed by atoms with Crippen LogP contribution in [0.25, 0.3) is 0 Å². The van der Waals surface area contributed by atoms with Crippen LogP contribution >= 0.6 is 0 Å². The Bertz CT molecular complexity index is 562. The van der Waals surface area contributed by atoms with Crippen LogP contribution < -0.4 is 5.32 Å². The van der Waals surface area contributed by atoms with Crippen molar-refractivity contribution in [1.29, 1.82) is 0 Å². The Balaban J connectivity index is 2.76. The van der Waals surface area contributed by atoms with E-state index < -0.39 is 0 Å². The van der Waals surface area contributed by atoms with Gasteiger partial charge in [0.05, 0.1) is 19.8 Å². The van der Waals surface area contributed by atoms with Gasteiger partial charge in [0.1, 0.15) is 6.54 Å². The summed E-state index contributed by atoms with van der Waals surface area (Å²) in [5, 5.41) is 2.87. The summed E-state index contributed by atoms with van der Waals surface area (Å²) in [4.78, 5) is 28.5. The van der Waals surface area contributed by atoms with Crippen molar-refractivity contribution >= 4 is 11.9 Å². The molecule has 1 aromatic heterocycles. The third-order valence-corrected chi connectivity index (χ3v) is 4.31. The molecule has 0 aliphatic carbocycles. The summed E-state index contributed by atoms with van der Waals surface area (Å²) in [6.07, 6.45) is 3.85. The number of rotatable bonds is 13. The van der Waals surface area contributed by atoms with Crippen LogP contribution in [0.15, 0.2) is 18.3 Å². The fourth-order valence-corrected chi connectivity index (χ4v) is 2.55. The number of amides is 3. The molecule has 0 radical (unpaired) electrons. The first kappa shape index (κ1) is 23.0. The minimum atomic E-state index is -0.237. The highest BCUT2D eigenvalue weighted by Crippen LogP contribution is 2.07. The number of carbonyl (C=O) groups excluding carboxylic acids is 2. The maximum absolute atomic E-state index is 12.9. The lowest BCUT2D eigenvalue weighted by atomic mass is 10.3. The zero-order valence-electron chi connectivity index (χ0n) is 17.1. The van der Waals surface area contributed by atoms with Gasteiger partial charge in [0.2, 0.25) is 5.91 Å². The van der Waals surface area contributed by atoms with E-state index in [-0.39, 0.29) is 18.5 Å². The summed E-state index contributed by atoms with van der Waals surface area (Å²) in [7, 11) is 5.13. The lowest BCUT2D eigenvalue weighted by molar-refractivity contribution is -0.133. The molecule has 1 aromatic rings. The summed E-state index contributed by atoms with van der Waals surface area (Å²) in [5.74, 6) is -0.116. The van der Waals surface area contributed by atoms with Crippen LogP contribution in [0.2, 0.25) is 0 Å². The number of nitrogens with one attached hydrogen (secondary N) is 1. The van der Waals surface area contributed by atoms with Gasteiger partial charge in [0.15, 0.2) is 0 Å². The maximum Gasteiger partial charge on any atom is 0.317 e. The highest BCUT2D eigenvalue weighted by Gasteiger charge is 2.21. The van der Waals surface area contributed by atoms with E-state index in [9.17, 15) is 9.59 Å². The Labute approximate surface area is 162 Å². The molecule has 154 valence electrons. The molecule has 3 amide bonds. The summed E-state index contributed by atoms with van der Waals surface area (Å²) < 4.78 is 12.2. The van der Waals surface area contributed by atoms with E-state index in [0.717, 1.165) is 18.5 Å². The van der Waals surface area contributed by atoms with Crippen molar-refractivity contribution in [2.45, 2.75) is 26.3 Å². The molecule has 0 fully saturated rings. The topological polar surface area (TPSA) is 76.0 Å². The number of aromatic nitrogens is 1. The Morgan fingerprint density at radius 3 is 2.37 bits per heavy atom. The van der Waals surface area contributed by atoms with E-state index in [1.54, 1.807) is 19.1 Å². The molecule has 0 aromatic carbocycles. The second-order valence-corrected chi connectivity index (χ2v) is 6.42. The number of methoxy groups -OCH3 is 2. The van der Waals surface area contributed by atoms with Crippen molar-refractivity contribution in [3.8, 4) is 0 Å². The van der Waals surface area contributed by atoms with Crippen LogP contribution in [-0.4, -0.2) is 79.9 Å². The quantitative estimate of drug-likeness (QED) is 0.524. The molecule has 1 rings (SSSR count). The Hall–Kier alpha value is -2.06. The van der Waals surface area contributed by atoms with Crippen molar-refractivity contribution < 1.29 is 19.1 Å². The maximum atomic E-state index is 12.9. The zero-order chi connectivity index (χ0) is 20.1. The van der Waals surface area contributed by atoms with E-state index in [1.807, 2.05) is 29.9 Å². The van der Waals surface area contributed by atoms with Gasteiger partial charge in [-0.1, -0.05) is 13.3 Å². The molecule has 0 bridgehead atoms. The monoisotopic (exact) mass is 382 g/mol. The molecule has 0 aliphatic rings. The van der Waals surface area contributed by atoms with Crippen LogP contribution in [0.1, 0.15) is 25.5 Å². The smallest absolute Gasteiger partial charge is 0.317 e. The van der Waals surface area contributed by atoms with Gasteiger partial charge in [0, 0.05) is 52.8 Å². The van der Waals surface area contributed by atoms with E-state index in [4.69, 9.17) is 9.47 Å². The van der Waals surface area contributed by atoms with Gasteiger partial charge < -0.3 is 29.2 Å². The second kappa shape index (κ2) is 13.2. The van der Waals surface area contributed by atoms with Gasteiger partial charge >= 0.3 is 6.03 Å². The summed E-state index contributed by atoms with van der Waals surface area (Å²) in [5.41, 5.74) is 1.02. The van der Waals surface area contributed by atoms with Gasteiger partial charge in [0.25, 0.3) is 0 Å². The van der Waals surface area contributed by atoms with Gasteiger partial charge in [-0.3, -0.25) is 4.79 Å². The third-order valence-electron chi connectivity index (χ3n) is 4.31. The average Bonchev–Trinajstić information content (AvgIpc) is 3.06. The van der Waals surface area contributed by atoms with Gasteiger partial charge in [-0.05, 0) is 18.6 Å². The standard InChI is InChI=1S/C19H34N4O4/c1-5-6-9-20-19(25)23(12-14-27-4)16-18(24)22(11-13-26-3)15-17-8-7-10-21(17)2/h7-8,10H,5-6,9,11-16H2,1-4H3,(H,20,25). The lowest BCUT2D eigenvalue weighted by Crippen LogP contribution is -2.48. The number of nitrogens with zero attached hydrogens (tertiary/aromatic N) is 3. The summed E-state index contributed by atoms with van der Waals surface area (Å²) in [6.45, 7) is 4.80. The SMILES string of the molecule is CCCCNC(=O)N(CCOC)CC(=O)N(CCOC)Cc1cccn1C. The minimum Gasteiger partial charge on any atom is -0.383 e. The van der Waals surface area contributed by atoms with Crippen molar-refractivity contribution in [3.63, 3.8) is 0 Å². The number of hydrogen-bond donors (Lipinski definition) is 1. The highest BCUT2D eigenvalue weighted by molar-refractivity contribution is 5.84. The number of aryl methyl sites for hydroxylation is 1. The first-order chi connectivity index (χ1) is 13.0. The van der Waals surface area contributed by atoms with Crippen LogP contribution in [0.4, 0.5) is 4.79 Å². The lowest BCUT2D eigenvalue weighted by Gasteiger charge is -2.28. The van der Waals surface area contributed by atoms with Crippen molar-refractivity contribution in [2.24, 2.45) is 7.05 Å². The largest absolute Gasteiger partial charge is 0.383 e. The van der Waals surface area contributed by atoms with E-state index >= 15 is 0 Å². The molecule has 0 saturated heterocycles. The fraction of sp³-hybridized carbons (Fsp3) is 0.684. The van der Waals surface area contributed by atoms with Crippen LogP contribution in [0.5, 0.6) is 0 Å². The van der Waals surface area contributed by atoms with Crippen molar-refractivity contribution in [1.82, 2.24) is 19.7 Å². The molecule has 0 spiro atoms. The number of urea groups is 1. The minimum absolute atomic E-state index is 0.00938. The third kappa shape index (κ3) is 8.45. The van der Waals surface area contributed by atoms with Gasteiger partial charge in [-0.15, -0.1) is 0 Å². The molecular formula is C19H34N4O4. The molecule has 0 aliphatic heterocycles. The Morgan fingerprint density at radius 2 is 1.81 bits per heavy atom.